The Morgan fingerprint density at radius 2 is 2.17 bits per heavy atom. The number of hydrogen-bond acceptors (Lipinski definition) is 6. The van der Waals surface area contributed by atoms with E-state index in [0.717, 1.165) is 0 Å². The molecule has 8 nitrogen and oxygen atoms in total. The van der Waals surface area contributed by atoms with Crippen LogP contribution in [0.4, 0.5) is 0 Å². The molecule has 1 aliphatic rings. The Labute approximate surface area is 135 Å². The van der Waals surface area contributed by atoms with E-state index in [9.17, 15) is 8.42 Å². The summed E-state index contributed by atoms with van der Waals surface area (Å²) in [6.07, 6.45) is 5.75. The second kappa shape index (κ2) is 6.34. The summed E-state index contributed by atoms with van der Waals surface area (Å²) in [6, 6.07) is 0. The van der Waals surface area contributed by atoms with Crippen molar-refractivity contribution in [3.05, 3.63) is 36.2 Å². The van der Waals surface area contributed by atoms with Gasteiger partial charge in [0.1, 0.15) is 11.0 Å². The molecule has 0 radical (unpaired) electrons. The van der Waals surface area contributed by atoms with Crippen molar-refractivity contribution in [1.29, 1.82) is 0 Å². The van der Waals surface area contributed by atoms with Gasteiger partial charge in [-0.15, -0.1) is 0 Å². The molecule has 0 bridgehead atoms. The highest BCUT2D eigenvalue weighted by atomic mass is 32.2. The van der Waals surface area contributed by atoms with Crippen molar-refractivity contribution in [2.75, 3.05) is 19.7 Å². The summed E-state index contributed by atoms with van der Waals surface area (Å²) in [5, 5.41) is 4.13. The van der Waals surface area contributed by atoms with Gasteiger partial charge in [0.05, 0.1) is 30.4 Å². The SMILES string of the molecule is CCn1ncc(S(=O)(=O)N2CCO[C@@H](c3cnccn3)C2)c1C. The van der Waals surface area contributed by atoms with Crippen molar-refractivity contribution in [1.82, 2.24) is 24.1 Å². The summed E-state index contributed by atoms with van der Waals surface area (Å²) in [7, 11) is -3.60. The van der Waals surface area contributed by atoms with Crippen LogP contribution in [0.25, 0.3) is 0 Å². The molecule has 9 heteroatoms. The van der Waals surface area contributed by atoms with E-state index in [4.69, 9.17) is 4.74 Å². The third-order valence-corrected chi connectivity index (χ3v) is 5.89. The molecule has 2 aromatic rings. The predicted octanol–water partition coefficient (Wildman–Crippen LogP) is 0.764. The van der Waals surface area contributed by atoms with E-state index in [2.05, 4.69) is 15.1 Å². The summed E-state index contributed by atoms with van der Waals surface area (Å²) in [6.45, 7) is 5.18. The zero-order valence-corrected chi connectivity index (χ0v) is 13.9. The Balaban J connectivity index is 1.86. The minimum atomic E-state index is -3.60. The van der Waals surface area contributed by atoms with Gasteiger partial charge < -0.3 is 4.74 Å². The molecule has 23 heavy (non-hydrogen) atoms. The van der Waals surface area contributed by atoms with E-state index in [1.165, 1.54) is 10.5 Å². The second-order valence-electron chi connectivity index (χ2n) is 5.26. The van der Waals surface area contributed by atoms with Crippen molar-refractivity contribution >= 4 is 10.0 Å². The highest BCUT2D eigenvalue weighted by Crippen LogP contribution is 2.26. The third kappa shape index (κ3) is 2.99. The number of aromatic nitrogens is 4. The Bertz CT molecular complexity index is 775. The van der Waals surface area contributed by atoms with Crippen LogP contribution in [0.5, 0.6) is 0 Å². The minimum absolute atomic E-state index is 0.220. The molecule has 0 N–H and O–H groups in total. The van der Waals surface area contributed by atoms with Gasteiger partial charge in [0.2, 0.25) is 10.0 Å². The lowest BCUT2D eigenvalue weighted by atomic mass is 10.2. The van der Waals surface area contributed by atoms with Crippen LogP contribution in [0, 0.1) is 6.92 Å². The molecule has 0 unspecified atom stereocenters. The number of nitrogens with zero attached hydrogens (tertiary/aromatic N) is 5. The molecule has 3 heterocycles. The Morgan fingerprint density at radius 1 is 1.35 bits per heavy atom. The molecule has 0 saturated carbocycles. The van der Waals surface area contributed by atoms with Crippen LogP contribution in [0.2, 0.25) is 0 Å². The van der Waals surface area contributed by atoms with Crippen LogP contribution >= 0.6 is 0 Å². The van der Waals surface area contributed by atoms with E-state index in [-0.39, 0.29) is 11.4 Å². The second-order valence-corrected chi connectivity index (χ2v) is 7.17. The van der Waals surface area contributed by atoms with Gasteiger partial charge >= 0.3 is 0 Å². The number of aryl methyl sites for hydroxylation is 1. The average Bonchev–Trinajstić information content (AvgIpc) is 2.97. The quantitative estimate of drug-likeness (QED) is 0.818. The Kier molecular flexibility index (Phi) is 4.42. The first-order valence-corrected chi connectivity index (χ1v) is 8.88. The first-order valence-electron chi connectivity index (χ1n) is 7.44. The smallest absolute Gasteiger partial charge is 0.246 e. The molecule has 1 atom stereocenters. The fourth-order valence-corrected chi connectivity index (χ4v) is 4.22. The van der Waals surface area contributed by atoms with E-state index < -0.39 is 16.1 Å². The largest absolute Gasteiger partial charge is 0.369 e. The molecular formula is C14H19N5O3S. The van der Waals surface area contributed by atoms with Crippen LogP contribution in [0.15, 0.2) is 29.7 Å². The molecule has 3 rings (SSSR count). The van der Waals surface area contributed by atoms with Gasteiger partial charge in [0, 0.05) is 32.0 Å². The maximum atomic E-state index is 12.9. The molecule has 0 spiro atoms. The summed E-state index contributed by atoms with van der Waals surface area (Å²) in [5.74, 6) is 0. The zero-order valence-electron chi connectivity index (χ0n) is 13.1. The van der Waals surface area contributed by atoms with Crippen molar-refractivity contribution in [3.8, 4) is 0 Å². The predicted molar refractivity (Wildman–Crippen MR) is 82.1 cm³/mol. The lowest BCUT2D eigenvalue weighted by molar-refractivity contribution is -0.00515. The fraction of sp³-hybridized carbons (Fsp3) is 0.500. The van der Waals surface area contributed by atoms with Crippen molar-refractivity contribution in [3.63, 3.8) is 0 Å². The highest BCUT2D eigenvalue weighted by molar-refractivity contribution is 7.89. The minimum Gasteiger partial charge on any atom is -0.369 e. The number of ether oxygens (including phenoxy) is 1. The lowest BCUT2D eigenvalue weighted by Gasteiger charge is -2.31. The van der Waals surface area contributed by atoms with Gasteiger partial charge in [-0.2, -0.15) is 9.40 Å². The lowest BCUT2D eigenvalue weighted by Crippen LogP contribution is -2.42. The topological polar surface area (TPSA) is 90.2 Å². The van der Waals surface area contributed by atoms with Crippen molar-refractivity contribution in [2.24, 2.45) is 0 Å². The first kappa shape index (κ1) is 16.0. The maximum absolute atomic E-state index is 12.9. The molecular weight excluding hydrogens is 318 g/mol. The molecule has 1 aliphatic heterocycles. The first-order chi connectivity index (χ1) is 11.0. The van der Waals surface area contributed by atoms with Gasteiger partial charge in [0.25, 0.3) is 0 Å². The maximum Gasteiger partial charge on any atom is 0.246 e. The van der Waals surface area contributed by atoms with E-state index in [1.807, 2.05) is 6.92 Å². The van der Waals surface area contributed by atoms with Gasteiger partial charge in [-0.1, -0.05) is 0 Å². The van der Waals surface area contributed by atoms with Crippen LogP contribution in [-0.2, 0) is 21.3 Å². The number of rotatable bonds is 4. The van der Waals surface area contributed by atoms with E-state index >= 15 is 0 Å². The van der Waals surface area contributed by atoms with Crippen LogP contribution in [0.3, 0.4) is 0 Å². The summed E-state index contributed by atoms with van der Waals surface area (Å²) in [4.78, 5) is 8.46. The summed E-state index contributed by atoms with van der Waals surface area (Å²) >= 11 is 0. The third-order valence-electron chi connectivity index (χ3n) is 3.92. The van der Waals surface area contributed by atoms with Crippen LogP contribution in [0.1, 0.15) is 24.4 Å². The zero-order chi connectivity index (χ0) is 16.4. The van der Waals surface area contributed by atoms with Crippen molar-refractivity contribution < 1.29 is 13.2 Å². The van der Waals surface area contributed by atoms with Crippen LogP contribution in [-0.4, -0.2) is 52.2 Å². The highest BCUT2D eigenvalue weighted by Gasteiger charge is 2.34. The van der Waals surface area contributed by atoms with Crippen LogP contribution < -0.4 is 0 Å². The monoisotopic (exact) mass is 337 g/mol. The summed E-state index contributed by atoms with van der Waals surface area (Å²) in [5.41, 5.74) is 1.28. The summed E-state index contributed by atoms with van der Waals surface area (Å²) < 4.78 is 34.5. The van der Waals surface area contributed by atoms with Gasteiger partial charge in [0.15, 0.2) is 0 Å². The van der Waals surface area contributed by atoms with Crippen molar-refractivity contribution in [2.45, 2.75) is 31.4 Å². The molecule has 0 amide bonds. The van der Waals surface area contributed by atoms with E-state index in [1.54, 1.807) is 30.2 Å². The average molecular weight is 337 g/mol. The Morgan fingerprint density at radius 3 is 2.83 bits per heavy atom. The Hall–Kier alpha value is -1.84. The number of hydrogen-bond donors (Lipinski definition) is 0. The molecule has 124 valence electrons. The fourth-order valence-electron chi connectivity index (χ4n) is 2.64. The molecule has 1 saturated heterocycles. The van der Waals surface area contributed by atoms with E-state index in [0.29, 0.717) is 31.1 Å². The van der Waals surface area contributed by atoms with Gasteiger partial charge in [-0.05, 0) is 13.8 Å². The number of morpholine rings is 1. The number of sulfonamides is 1. The van der Waals surface area contributed by atoms with Gasteiger partial charge in [-0.3, -0.25) is 14.6 Å². The molecule has 1 fully saturated rings. The molecule has 2 aromatic heterocycles. The molecule has 0 aromatic carbocycles. The normalized spacial score (nSPS) is 19.8. The standard InChI is InChI=1S/C14H19N5O3S/c1-3-19-11(2)14(9-17-19)23(20,21)18-6-7-22-13(10-18)12-8-15-4-5-16-12/h4-5,8-9,13H,3,6-7,10H2,1-2H3/t13-/m1/s1. The molecule has 0 aliphatic carbocycles. The van der Waals surface area contributed by atoms with Gasteiger partial charge in [-0.25, -0.2) is 8.42 Å².